The minimum atomic E-state index is -0.127. The predicted molar refractivity (Wildman–Crippen MR) is 97.3 cm³/mol. The van der Waals surface area contributed by atoms with Crippen LogP contribution < -0.4 is 5.32 Å². The minimum absolute atomic E-state index is 0.127. The predicted octanol–water partition coefficient (Wildman–Crippen LogP) is 3.08. The molecule has 130 valence electrons. The summed E-state index contributed by atoms with van der Waals surface area (Å²) in [7, 11) is 0. The molecular formula is C18H20ClN5O. The Kier molecular flexibility index (Phi) is 4.90. The molecule has 0 aliphatic carbocycles. The molecule has 1 N–H and O–H groups in total. The summed E-state index contributed by atoms with van der Waals surface area (Å²) < 4.78 is 3.56. The summed E-state index contributed by atoms with van der Waals surface area (Å²) in [5.74, 6) is -0.127. The van der Waals surface area contributed by atoms with E-state index >= 15 is 0 Å². The normalized spacial score (nSPS) is 10.9. The number of benzene rings is 1. The van der Waals surface area contributed by atoms with Gasteiger partial charge in [0.25, 0.3) is 5.91 Å². The van der Waals surface area contributed by atoms with Gasteiger partial charge >= 0.3 is 0 Å². The quantitative estimate of drug-likeness (QED) is 0.763. The van der Waals surface area contributed by atoms with E-state index < -0.39 is 0 Å². The third-order valence-corrected chi connectivity index (χ3v) is 4.50. The Morgan fingerprint density at radius 2 is 2.00 bits per heavy atom. The monoisotopic (exact) mass is 357 g/mol. The molecule has 0 saturated carbocycles. The highest BCUT2D eigenvalue weighted by molar-refractivity contribution is 6.31. The number of nitrogens with zero attached hydrogens (tertiary/aromatic N) is 4. The van der Waals surface area contributed by atoms with E-state index in [2.05, 4.69) is 15.5 Å². The highest BCUT2D eigenvalue weighted by atomic mass is 35.5. The van der Waals surface area contributed by atoms with Gasteiger partial charge in [-0.05, 0) is 45.0 Å². The first kappa shape index (κ1) is 17.2. The topological polar surface area (TPSA) is 64.7 Å². The van der Waals surface area contributed by atoms with Crippen molar-refractivity contribution in [2.75, 3.05) is 6.54 Å². The van der Waals surface area contributed by atoms with Crippen LogP contribution in [0.4, 0.5) is 0 Å². The van der Waals surface area contributed by atoms with Crippen LogP contribution in [0.5, 0.6) is 0 Å². The lowest BCUT2D eigenvalue weighted by Crippen LogP contribution is -2.27. The molecule has 1 amide bonds. The van der Waals surface area contributed by atoms with E-state index in [-0.39, 0.29) is 5.91 Å². The van der Waals surface area contributed by atoms with E-state index in [9.17, 15) is 4.79 Å². The first-order valence-electron chi connectivity index (χ1n) is 8.06. The first-order chi connectivity index (χ1) is 12.0. The molecule has 3 rings (SSSR count). The molecule has 2 heterocycles. The van der Waals surface area contributed by atoms with Gasteiger partial charge in [0.2, 0.25) is 0 Å². The lowest BCUT2D eigenvalue weighted by molar-refractivity contribution is 0.0952. The average molecular weight is 358 g/mol. The van der Waals surface area contributed by atoms with E-state index in [1.54, 1.807) is 10.7 Å². The van der Waals surface area contributed by atoms with Crippen LogP contribution in [0.1, 0.15) is 27.4 Å². The van der Waals surface area contributed by atoms with Crippen molar-refractivity contribution in [3.05, 3.63) is 64.2 Å². The molecule has 0 aliphatic heterocycles. The van der Waals surface area contributed by atoms with Crippen molar-refractivity contribution >= 4 is 17.5 Å². The van der Waals surface area contributed by atoms with Crippen LogP contribution in [-0.4, -0.2) is 32.0 Å². The number of aryl methyl sites for hydroxylation is 2. The fourth-order valence-corrected chi connectivity index (χ4v) is 2.75. The SMILES string of the molecule is Cc1ccn(CCNC(=O)c2cccc(-n3nc(C)c(Cl)c3C)c2)n1. The second-order valence-corrected chi connectivity index (χ2v) is 6.30. The standard InChI is InChI=1S/C18H20ClN5O/c1-12-7-9-23(21-12)10-8-20-18(25)15-5-4-6-16(11-15)24-14(3)17(19)13(2)22-24/h4-7,9,11H,8,10H2,1-3H3,(H,20,25). The zero-order valence-corrected chi connectivity index (χ0v) is 15.2. The third kappa shape index (κ3) is 3.74. The molecule has 0 radical (unpaired) electrons. The van der Waals surface area contributed by atoms with Gasteiger partial charge in [0.05, 0.1) is 34.3 Å². The fraction of sp³-hybridized carbons (Fsp3) is 0.278. The number of nitrogens with one attached hydrogen (secondary N) is 1. The summed E-state index contributed by atoms with van der Waals surface area (Å²) >= 11 is 6.21. The van der Waals surface area contributed by atoms with Gasteiger partial charge in [-0.1, -0.05) is 17.7 Å². The first-order valence-corrected chi connectivity index (χ1v) is 8.44. The largest absolute Gasteiger partial charge is 0.350 e. The Hall–Kier alpha value is -2.60. The van der Waals surface area contributed by atoms with E-state index in [1.165, 1.54) is 0 Å². The van der Waals surface area contributed by atoms with Crippen molar-refractivity contribution in [3.8, 4) is 5.69 Å². The number of hydrogen-bond acceptors (Lipinski definition) is 3. The third-order valence-electron chi connectivity index (χ3n) is 3.96. The molecule has 6 nitrogen and oxygen atoms in total. The van der Waals surface area contributed by atoms with Crippen molar-refractivity contribution < 1.29 is 4.79 Å². The van der Waals surface area contributed by atoms with Crippen LogP contribution >= 0.6 is 11.6 Å². The molecule has 3 aromatic rings. The van der Waals surface area contributed by atoms with E-state index in [1.807, 2.05) is 55.9 Å². The van der Waals surface area contributed by atoms with E-state index in [0.29, 0.717) is 23.7 Å². The van der Waals surface area contributed by atoms with Gasteiger partial charge in [0.1, 0.15) is 0 Å². The summed E-state index contributed by atoms with van der Waals surface area (Å²) in [6, 6.07) is 9.27. The van der Waals surface area contributed by atoms with Crippen LogP contribution in [0.15, 0.2) is 36.5 Å². The van der Waals surface area contributed by atoms with Gasteiger partial charge in [0, 0.05) is 18.3 Å². The van der Waals surface area contributed by atoms with Crippen molar-refractivity contribution in [1.82, 2.24) is 24.9 Å². The molecule has 2 aromatic heterocycles. The fourth-order valence-electron chi connectivity index (χ4n) is 2.63. The molecule has 7 heteroatoms. The lowest BCUT2D eigenvalue weighted by atomic mass is 10.2. The Labute approximate surface area is 151 Å². The number of rotatable bonds is 5. The highest BCUT2D eigenvalue weighted by Crippen LogP contribution is 2.22. The van der Waals surface area contributed by atoms with Crippen LogP contribution in [0.25, 0.3) is 5.69 Å². The Morgan fingerprint density at radius 1 is 1.20 bits per heavy atom. The maximum Gasteiger partial charge on any atom is 0.251 e. The molecule has 0 fully saturated rings. The molecule has 0 spiro atoms. The van der Waals surface area contributed by atoms with Crippen molar-refractivity contribution in [1.29, 1.82) is 0 Å². The van der Waals surface area contributed by atoms with Gasteiger partial charge in [-0.25, -0.2) is 4.68 Å². The highest BCUT2D eigenvalue weighted by Gasteiger charge is 2.12. The van der Waals surface area contributed by atoms with Crippen LogP contribution in [0.3, 0.4) is 0 Å². The zero-order valence-electron chi connectivity index (χ0n) is 14.5. The van der Waals surface area contributed by atoms with Crippen molar-refractivity contribution in [3.63, 3.8) is 0 Å². The average Bonchev–Trinajstić information content (AvgIpc) is 3.13. The molecule has 0 unspecified atom stereocenters. The maximum atomic E-state index is 12.4. The number of halogens is 1. The molecule has 25 heavy (non-hydrogen) atoms. The summed E-state index contributed by atoms with van der Waals surface area (Å²) in [6.07, 6.45) is 1.90. The minimum Gasteiger partial charge on any atom is -0.350 e. The van der Waals surface area contributed by atoms with Crippen LogP contribution in [-0.2, 0) is 6.54 Å². The zero-order chi connectivity index (χ0) is 18.0. The Bertz CT molecular complexity index is 912. The number of carbonyl (C=O) groups is 1. The Morgan fingerprint density at radius 3 is 2.64 bits per heavy atom. The smallest absolute Gasteiger partial charge is 0.251 e. The van der Waals surface area contributed by atoms with Crippen molar-refractivity contribution in [2.45, 2.75) is 27.3 Å². The van der Waals surface area contributed by atoms with E-state index in [4.69, 9.17) is 11.6 Å². The summed E-state index contributed by atoms with van der Waals surface area (Å²) in [5.41, 5.74) is 3.97. The van der Waals surface area contributed by atoms with Gasteiger partial charge in [-0.15, -0.1) is 0 Å². The van der Waals surface area contributed by atoms with Crippen molar-refractivity contribution in [2.24, 2.45) is 0 Å². The molecule has 1 aromatic carbocycles. The van der Waals surface area contributed by atoms with Gasteiger partial charge in [-0.2, -0.15) is 10.2 Å². The number of aromatic nitrogens is 4. The molecular weight excluding hydrogens is 338 g/mol. The molecule has 0 saturated heterocycles. The lowest BCUT2D eigenvalue weighted by Gasteiger charge is -2.08. The number of amides is 1. The van der Waals surface area contributed by atoms with Crippen LogP contribution in [0.2, 0.25) is 5.02 Å². The molecule has 0 bridgehead atoms. The van der Waals surface area contributed by atoms with Gasteiger partial charge in [-0.3, -0.25) is 9.48 Å². The second-order valence-electron chi connectivity index (χ2n) is 5.92. The molecule has 0 atom stereocenters. The summed E-state index contributed by atoms with van der Waals surface area (Å²) in [4.78, 5) is 12.4. The summed E-state index contributed by atoms with van der Waals surface area (Å²) in [6.45, 7) is 6.84. The maximum absolute atomic E-state index is 12.4. The number of hydrogen-bond donors (Lipinski definition) is 1. The van der Waals surface area contributed by atoms with Crippen LogP contribution in [0, 0.1) is 20.8 Å². The second kappa shape index (κ2) is 7.11. The number of carbonyl (C=O) groups excluding carboxylic acids is 1. The van der Waals surface area contributed by atoms with E-state index in [0.717, 1.165) is 22.8 Å². The molecule has 0 aliphatic rings. The van der Waals surface area contributed by atoms with Gasteiger partial charge < -0.3 is 5.32 Å². The Balaban J connectivity index is 1.70. The van der Waals surface area contributed by atoms with Gasteiger partial charge in [0.15, 0.2) is 0 Å². The summed E-state index contributed by atoms with van der Waals surface area (Å²) in [5, 5.41) is 12.3.